The Kier molecular flexibility index (Phi) is 10.4. The number of likely N-dealkylation sites (tertiary alicyclic amines) is 2. The number of carbonyl (C=O) groups excluding carboxylic acids is 2. The first-order valence-corrected chi connectivity index (χ1v) is 17.4. The third kappa shape index (κ3) is 7.01. The molecule has 1 aromatic rings. The number of unbranched alkanes of at least 4 members (excludes halogenated alkanes) is 1. The van der Waals surface area contributed by atoms with Gasteiger partial charge in [0.25, 0.3) is 5.91 Å². The van der Waals surface area contributed by atoms with E-state index in [1.807, 2.05) is 29.4 Å². The molecule has 7 nitrogen and oxygen atoms in total. The fourth-order valence-electron chi connectivity index (χ4n) is 7.82. The molecule has 1 spiro atoms. The number of methoxy groups -OCH3 is 1. The Labute approximate surface area is 251 Å². The standard InChI is InChI=1S/C33H51N3O4S/c1-4-5-11-26-24-36(23-25-9-7-6-8-10-25)32(38)40-33(26)16-20-34(21-17-33)27-14-18-35(19-15-27)31(37)29-13-12-28(41-3)22-30(29)39-2/h12-13,22,25-27H,4-11,14-21,23-24H2,1-3H3. The lowest BCUT2D eigenvalue weighted by Gasteiger charge is -2.52. The molecule has 4 fully saturated rings. The Balaban J connectivity index is 1.15. The summed E-state index contributed by atoms with van der Waals surface area (Å²) in [7, 11) is 1.64. The van der Waals surface area contributed by atoms with Crippen LogP contribution in [0.2, 0.25) is 0 Å². The highest BCUT2D eigenvalue weighted by Gasteiger charge is 2.50. The summed E-state index contributed by atoms with van der Waals surface area (Å²) in [4.78, 5) is 34.4. The summed E-state index contributed by atoms with van der Waals surface area (Å²) in [6.07, 6.45) is 15.8. The van der Waals surface area contributed by atoms with E-state index in [4.69, 9.17) is 9.47 Å². The Morgan fingerprint density at radius 2 is 1.80 bits per heavy atom. The lowest BCUT2D eigenvalue weighted by Crippen LogP contribution is -2.61. The topological polar surface area (TPSA) is 62.3 Å². The number of hydrogen-bond donors (Lipinski definition) is 0. The van der Waals surface area contributed by atoms with Crippen molar-refractivity contribution in [2.75, 3.05) is 52.6 Å². The first-order chi connectivity index (χ1) is 20.0. The predicted octanol–water partition coefficient (Wildman–Crippen LogP) is 6.70. The van der Waals surface area contributed by atoms with Crippen LogP contribution in [0.4, 0.5) is 4.79 Å². The number of amides is 2. The molecule has 3 aliphatic heterocycles. The zero-order chi connectivity index (χ0) is 28.8. The maximum atomic E-state index is 13.3. The molecule has 0 aromatic heterocycles. The number of piperidine rings is 2. The molecule has 41 heavy (non-hydrogen) atoms. The summed E-state index contributed by atoms with van der Waals surface area (Å²) in [5.41, 5.74) is 0.348. The lowest BCUT2D eigenvalue weighted by atomic mass is 9.75. The summed E-state index contributed by atoms with van der Waals surface area (Å²) in [6.45, 7) is 7.50. The first-order valence-electron chi connectivity index (χ1n) is 16.2. The highest BCUT2D eigenvalue weighted by Crippen LogP contribution is 2.42. The van der Waals surface area contributed by atoms with Gasteiger partial charge in [-0.05, 0) is 62.5 Å². The Morgan fingerprint density at radius 1 is 1.07 bits per heavy atom. The number of benzene rings is 1. The van der Waals surface area contributed by atoms with Gasteiger partial charge < -0.3 is 19.3 Å². The number of carbonyl (C=O) groups is 2. The molecule has 0 N–H and O–H groups in total. The molecule has 2 amide bonds. The van der Waals surface area contributed by atoms with E-state index in [-0.39, 0.29) is 17.6 Å². The van der Waals surface area contributed by atoms with Crippen LogP contribution in [0.5, 0.6) is 5.75 Å². The van der Waals surface area contributed by atoms with E-state index in [0.29, 0.717) is 29.2 Å². The van der Waals surface area contributed by atoms with Crippen molar-refractivity contribution < 1.29 is 19.1 Å². The van der Waals surface area contributed by atoms with E-state index in [2.05, 4.69) is 16.7 Å². The van der Waals surface area contributed by atoms with Gasteiger partial charge in [-0.15, -0.1) is 11.8 Å². The Hall–Kier alpha value is -1.93. The lowest BCUT2D eigenvalue weighted by molar-refractivity contribution is -0.127. The van der Waals surface area contributed by atoms with Crippen LogP contribution in [0, 0.1) is 11.8 Å². The average Bonchev–Trinajstić information content (AvgIpc) is 3.02. The highest BCUT2D eigenvalue weighted by atomic mass is 32.2. The van der Waals surface area contributed by atoms with Crippen molar-refractivity contribution in [1.82, 2.24) is 14.7 Å². The van der Waals surface area contributed by atoms with Crippen LogP contribution in [-0.4, -0.2) is 91.0 Å². The zero-order valence-electron chi connectivity index (χ0n) is 25.6. The number of hydrogen-bond acceptors (Lipinski definition) is 6. The molecule has 3 heterocycles. The average molecular weight is 586 g/mol. The summed E-state index contributed by atoms with van der Waals surface area (Å²) < 4.78 is 12.0. The van der Waals surface area contributed by atoms with Crippen molar-refractivity contribution >= 4 is 23.8 Å². The summed E-state index contributed by atoms with van der Waals surface area (Å²) in [6, 6.07) is 6.33. The smallest absolute Gasteiger partial charge is 0.410 e. The second kappa shape index (κ2) is 14.0. The van der Waals surface area contributed by atoms with Gasteiger partial charge in [-0.1, -0.05) is 39.0 Å². The minimum absolute atomic E-state index is 0.0652. The van der Waals surface area contributed by atoms with Crippen molar-refractivity contribution in [3.63, 3.8) is 0 Å². The number of nitrogens with zero attached hydrogens (tertiary/aromatic N) is 3. The zero-order valence-corrected chi connectivity index (χ0v) is 26.4. The molecule has 1 aromatic carbocycles. The van der Waals surface area contributed by atoms with Gasteiger partial charge in [0, 0.05) is 69.0 Å². The minimum atomic E-state index is -0.304. The van der Waals surface area contributed by atoms with Gasteiger partial charge in [-0.3, -0.25) is 9.69 Å². The van der Waals surface area contributed by atoms with Crippen LogP contribution >= 0.6 is 11.8 Å². The van der Waals surface area contributed by atoms with Crippen LogP contribution in [0.25, 0.3) is 0 Å². The highest BCUT2D eigenvalue weighted by molar-refractivity contribution is 7.98. The van der Waals surface area contributed by atoms with Crippen LogP contribution < -0.4 is 4.74 Å². The van der Waals surface area contributed by atoms with Crippen molar-refractivity contribution in [3.05, 3.63) is 23.8 Å². The number of rotatable bonds is 9. The van der Waals surface area contributed by atoms with Crippen molar-refractivity contribution in [2.45, 2.75) is 101 Å². The summed E-state index contributed by atoms with van der Waals surface area (Å²) >= 11 is 1.65. The van der Waals surface area contributed by atoms with E-state index >= 15 is 0 Å². The second-order valence-electron chi connectivity index (χ2n) is 12.8. The summed E-state index contributed by atoms with van der Waals surface area (Å²) in [5, 5.41) is 0. The van der Waals surface area contributed by atoms with Crippen molar-refractivity contribution in [1.29, 1.82) is 0 Å². The fourth-order valence-corrected chi connectivity index (χ4v) is 8.25. The molecule has 1 saturated carbocycles. The molecule has 5 rings (SSSR count). The van der Waals surface area contributed by atoms with Gasteiger partial charge in [-0.25, -0.2) is 4.79 Å². The third-order valence-electron chi connectivity index (χ3n) is 10.4. The maximum absolute atomic E-state index is 13.3. The molecular formula is C33H51N3O4S. The molecule has 228 valence electrons. The van der Waals surface area contributed by atoms with E-state index < -0.39 is 0 Å². The Bertz CT molecular complexity index is 1030. The molecule has 0 bridgehead atoms. The van der Waals surface area contributed by atoms with E-state index in [9.17, 15) is 9.59 Å². The van der Waals surface area contributed by atoms with E-state index in [1.54, 1.807) is 18.9 Å². The first kappa shape index (κ1) is 30.5. The SMILES string of the molecule is CCCCC1CN(CC2CCCCC2)C(=O)OC12CCN(C1CCN(C(=O)c3ccc(SC)cc3OC)CC1)CC2. The monoisotopic (exact) mass is 585 g/mol. The van der Waals surface area contributed by atoms with Crippen LogP contribution in [-0.2, 0) is 4.74 Å². The maximum Gasteiger partial charge on any atom is 0.410 e. The number of thioether (sulfide) groups is 1. The molecule has 0 radical (unpaired) electrons. The van der Waals surface area contributed by atoms with Gasteiger partial charge in [0.15, 0.2) is 0 Å². The molecule has 4 aliphatic rings. The van der Waals surface area contributed by atoms with Crippen LogP contribution in [0.15, 0.2) is 23.1 Å². The quantitative estimate of drug-likeness (QED) is 0.301. The van der Waals surface area contributed by atoms with Gasteiger partial charge in [-0.2, -0.15) is 0 Å². The van der Waals surface area contributed by atoms with Crippen molar-refractivity contribution in [2.24, 2.45) is 11.8 Å². The van der Waals surface area contributed by atoms with Gasteiger partial charge in [0.1, 0.15) is 11.4 Å². The van der Waals surface area contributed by atoms with Crippen molar-refractivity contribution in [3.8, 4) is 5.75 Å². The van der Waals surface area contributed by atoms with Crippen LogP contribution in [0.3, 0.4) is 0 Å². The third-order valence-corrected chi connectivity index (χ3v) is 11.1. The molecule has 8 heteroatoms. The fraction of sp³-hybridized carbons (Fsp3) is 0.758. The Morgan fingerprint density at radius 3 is 2.46 bits per heavy atom. The normalized spacial score (nSPS) is 24.5. The second-order valence-corrected chi connectivity index (χ2v) is 13.7. The van der Waals surface area contributed by atoms with E-state index in [1.165, 1.54) is 44.9 Å². The minimum Gasteiger partial charge on any atom is -0.496 e. The molecule has 1 atom stereocenters. The molecule has 3 saturated heterocycles. The van der Waals surface area contributed by atoms with Gasteiger partial charge >= 0.3 is 6.09 Å². The number of ether oxygens (including phenoxy) is 2. The molecule has 1 unspecified atom stereocenters. The van der Waals surface area contributed by atoms with E-state index in [0.717, 1.165) is 76.3 Å². The molecule has 1 aliphatic carbocycles. The predicted molar refractivity (Wildman–Crippen MR) is 165 cm³/mol. The van der Waals surface area contributed by atoms with Gasteiger partial charge in [0.05, 0.1) is 12.7 Å². The van der Waals surface area contributed by atoms with Gasteiger partial charge in [0.2, 0.25) is 0 Å². The van der Waals surface area contributed by atoms with Crippen LogP contribution in [0.1, 0.15) is 94.3 Å². The molecular weight excluding hydrogens is 534 g/mol. The summed E-state index contributed by atoms with van der Waals surface area (Å²) in [5.74, 6) is 1.80. The largest absolute Gasteiger partial charge is 0.496 e.